The van der Waals surface area contributed by atoms with Crippen LogP contribution in [0.3, 0.4) is 0 Å². The minimum atomic E-state index is 0.0886. The Morgan fingerprint density at radius 3 is 2.80 bits per heavy atom. The number of carbonyl (C=O) groups excluding carboxylic acids is 1. The molecule has 15 heavy (non-hydrogen) atoms. The number of nitrogens with one attached hydrogen (secondary N) is 1. The van der Waals surface area contributed by atoms with Crippen LogP contribution < -0.4 is 5.32 Å². The zero-order valence-corrected chi connectivity index (χ0v) is 11.4. The number of rotatable bonds is 1. The first-order chi connectivity index (χ1) is 7.07. The van der Waals surface area contributed by atoms with Crippen molar-refractivity contribution < 1.29 is 4.79 Å². The van der Waals surface area contributed by atoms with Gasteiger partial charge in [0.05, 0.1) is 28.4 Å². The number of amides is 1. The van der Waals surface area contributed by atoms with Crippen molar-refractivity contribution in [2.24, 2.45) is 0 Å². The molecular weight excluding hydrogens is 303 g/mol. The van der Waals surface area contributed by atoms with Crippen molar-refractivity contribution in [1.29, 1.82) is 0 Å². The van der Waals surface area contributed by atoms with Crippen LogP contribution in [-0.2, 0) is 0 Å². The topological polar surface area (TPSA) is 34.0 Å². The van der Waals surface area contributed by atoms with Crippen molar-refractivity contribution in [2.75, 3.05) is 6.54 Å². The fraction of sp³-hybridized carbons (Fsp3) is 0.545. The SMILES string of the molecule is CCC1CNC(=O)c2c(C)c(C)n(I)c21. The van der Waals surface area contributed by atoms with E-state index in [1.807, 2.05) is 6.92 Å². The van der Waals surface area contributed by atoms with Crippen LogP contribution in [-0.4, -0.2) is 15.2 Å². The number of carbonyl (C=O) groups is 1. The molecule has 0 aliphatic carbocycles. The average Bonchev–Trinajstić information content (AvgIpc) is 2.46. The highest BCUT2D eigenvalue weighted by molar-refractivity contribution is 14.1. The van der Waals surface area contributed by atoms with E-state index in [-0.39, 0.29) is 5.91 Å². The Morgan fingerprint density at radius 2 is 2.20 bits per heavy atom. The molecule has 1 aliphatic heterocycles. The molecule has 1 amide bonds. The molecule has 0 saturated carbocycles. The number of hydrogen-bond acceptors (Lipinski definition) is 1. The Balaban J connectivity index is 2.67. The van der Waals surface area contributed by atoms with Crippen LogP contribution in [0.25, 0.3) is 0 Å². The van der Waals surface area contributed by atoms with Crippen molar-refractivity contribution in [1.82, 2.24) is 8.10 Å². The molecule has 0 saturated heterocycles. The third kappa shape index (κ3) is 1.49. The number of nitrogens with zero attached hydrogens (tertiary/aromatic N) is 1. The van der Waals surface area contributed by atoms with E-state index >= 15 is 0 Å². The smallest absolute Gasteiger partial charge is 0.253 e. The molecule has 1 aromatic rings. The summed E-state index contributed by atoms with van der Waals surface area (Å²) < 4.78 is 2.15. The Labute approximate surface area is 104 Å². The summed E-state index contributed by atoms with van der Waals surface area (Å²) in [5, 5.41) is 2.96. The molecule has 0 spiro atoms. The lowest BCUT2D eigenvalue weighted by Gasteiger charge is -2.23. The van der Waals surface area contributed by atoms with Crippen LogP contribution in [0.5, 0.6) is 0 Å². The summed E-state index contributed by atoms with van der Waals surface area (Å²) in [5.74, 6) is 0.549. The molecule has 82 valence electrons. The first-order valence-corrected chi connectivity index (χ1v) is 6.20. The molecular formula is C11H15IN2O. The van der Waals surface area contributed by atoms with Crippen LogP contribution in [0.1, 0.15) is 46.6 Å². The van der Waals surface area contributed by atoms with Gasteiger partial charge in [0.15, 0.2) is 0 Å². The van der Waals surface area contributed by atoms with Crippen molar-refractivity contribution >= 4 is 28.8 Å². The maximum atomic E-state index is 11.8. The van der Waals surface area contributed by atoms with Crippen LogP contribution in [0.2, 0.25) is 0 Å². The lowest BCUT2D eigenvalue weighted by molar-refractivity contribution is 0.0939. The normalized spacial score (nSPS) is 20.0. The quantitative estimate of drug-likeness (QED) is 0.794. The zero-order chi connectivity index (χ0) is 11.2. The maximum Gasteiger partial charge on any atom is 0.253 e. The largest absolute Gasteiger partial charge is 0.351 e. The van der Waals surface area contributed by atoms with Gasteiger partial charge in [-0.25, -0.2) is 0 Å². The molecule has 3 nitrogen and oxygen atoms in total. The minimum absolute atomic E-state index is 0.0886. The summed E-state index contributed by atoms with van der Waals surface area (Å²) in [7, 11) is 0. The van der Waals surface area contributed by atoms with Crippen LogP contribution >= 0.6 is 22.9 Å². The van der Waals surface area contributed by atoms with Gasteiger partial charge in [-0.05, 0) is 25.8 Å². The van der Waals surface area contributed by atoms with E-state index in [0.29, 0.717) is 5.92 Å². The standard InChI is InChI=1S/C11H15IN2O/c1-4-8-5-13-11(15)9-6(2)7(3)14(12)10(8)9/h8H,4-5H2,1-3H3,(H,13,15). The molecule has 1 unspecified atom stereocenters. The fourth-order valence-electron chi connectivity index (χ4n) is 2.19. The summed E-state index contributed by atoms with van der Waals surface area (Å²) in [6.45, 7) is 7.04. The minimum Gasteiger partial charge on any atom is -0.351 e. The van der Waals surface area contributed by atoms with Crippen molar-refractivity contribution in [3.63, 3.8) is 0 Å². The number of hydrogen-bond donors (Lipinski definition) is 1. The summed E-state index contributed by atoms with van der Waals surface area (Å²) in [6, 6.07) is 0. The molecule has 1 aromatic heterocycles. The van der Waals surface area contributed by atoms with Crippen molar-refractivity contribution in [3.8, 4) is 0 Å². The Kier molecular flexibility index (Phi) is 2.79. The Hall–Kier alpha value is -0.520. The second-order valence-corrected chi connectivity index (χ2v) is 5.03. The lowest BCUT2D eigenvalue weighted by atomic mass is 9.93. The molecule has 1 aliphatic rings. The van der Waals surface area contributed by atoms with Gasteiger partial charge in [0.1, 0.15) is 0 Å². The monoisotopic (exact) mass is 318 g/mol. The maximum absolute atomic E-state index is 11.8. The second kappa shape index (κ2) is 3.81. The van der Waals surface area contributed by atoms with Gasteiger partial charge in [0.25, 0.3) is 5.91 Å². The van der Waals surface area contributed by atoms with E-state index < -0.39 is 0 Å². The second-order valence-electron chi connectivity index (χ2n) is 4.07. The van der Waals surface area contributed by atoms with Gasteiger partial charge in [-0.3, -0.25) is 7.58 Å². The van der Waals surface area contributed by atoms with E-state index in [2.05, 4.69) is 44.8 Å². The van der Waals surface area contributed by atoms with Gasteiger partial charge in [-0.2, -0.15) is 0 Å². The third-order valence-corrected chi connectivity index (χ3v) is 4.54. The molecule has 1 atom stereocenters. The third-order valence-electron chi connectivity index (χ3n) is 3.30. The Morgan fingerprint density at radius 1 is 1.53 bits per heavy atom. The van der Waals surface area contributed by atoms with Crippen LogP contribution in [0, 0.1) is 13.8 Å². The Bertz CT molecular complexity index is 423. The number of fused-ring (bicyclic) bond motifs is 1. The van der Waals surface area contributed by atoms with Crippen LogP contribution in [0.15, 0.2) is 0 Å². The molecule has 2 heterocycles. The van der Waals surface area contributed by atoms with Gasteiger partial charge < -0.3 is 5.32 Å². The van der Waals surface area contributed by atoms with Crippen molar-refractivity contribution in [3.05, 3.63) is 22.5 Å². The summed E-state index contributed by atoms with van der Waals surface area (Å²) in [6.07, 6.45) is 1.07. The molecule has 0 bridgehead atoms. The van der Waals surface area contributed by atoms with Crippen LogP contribution in [0.4, 0.5) is 0 Å². The van der Waals surface area contributed by atoms with E-state index in [9.17, 15) is 4.79 Å². The number of aromatic nitrogens is 1. The van der Waals surface area contributed by atoms with Crippen molar-refractivity contribution in [2.45, 2.75) is 33.1 Å². The van der Waals surface area contributed by atoms with Gasteiger partial charge >= 0.3 is 0 Å². The van der Waals surface area contributed by atoms with E-state index in [0.717, 1.165) is 24.1 Å². The lowest BCUT2D eigenvalue weighted by Crippen LogP contribution is -2.35. The number of halogens is 1. The first-order valence-electron chi connectivity index (χ1n) is 5.24. The molecule has 0 radical (unpaired) electrons. The molecule has 0 aromatic carbocycles. The van der Waals surface area contributed by atoms with Gasteiger partial charge in [0.2, 0.25) is 0 Å². The van der Waals surface area contributed by atoms with E-state index in [1.165, 1.54) is 11.4 Å². The summed E-state index contributed by atoms with van der Waals surface area (Å²) in [4.78, 5) is 11.8. The van der Waals surface area contributed by atoms with E-state index in [1.54, 1.807) is 0 Å². The highest BCUT2D eigenvalue weighted by Gasteiger charge is 2.31. The molecule has 2 rings (SSSR count). The highest BCUT2D eigenvalue weighted by Crippen LogP contribution is 2.34. The van der Waals surface area contributed by atoms with Gasteiger partial charge in [-0.1, -0.05) is 6.92 Å². The summed E-state index contributed by atoms with van der Waals surface area (Å²) in [5.41, 5.74) is 4.42. The predicted molar refractivity (Wildman–Crippen MR) is 68.7 cm³/mol. The molecule has 4 heteroatoms. The zero-order valence-electron chi connectivity index (χ0n) is 9.22. The predicted octanol–water partition coefficient (Wildman–Crippen LogP) is 2.54. The fourth-order valence-corrected chi connectivity index (χ4v) is 3.19. The average molecular weight is 318 g/mol. The van der Waals surface area contributed by atoms with Gasteiger partial charge in [0, 0.05) is 23.9 Å². The van der Waals surface area contributed by atoms with E-state index in [4.69, 9.17) is 0 Å². The molecule has 0 fully saturated rings. The summed E-state index contributed by atoms with van der Waals surface area (Å²) >= 11 is 2.29. The van der Waals surface area contributed by atoms with Gasteiger partial charge in [-0.15, -0.1) is 0 Å². The highest BCUT2D eigenvalue weighted by atomic mass is 127. The first kappa shape index (κ1) is 11.0. The molecule has 1 N–H and O–H groups in total.